The molecule has 0 bridgehead atoms. The monoisotopic (exact) mass is 1720 g/mol. The molecule has 5 unspecified atom stereocenters. The molecule has 0 aromatic heterocycles. The Morgan fingerprint density at radius 3 is 1.11 bits per heavy atom. The van der Waals surface area contributed by atoms with E-state index in [1.54, 1.807) is 4.90 Å². The van der Waals surface area contributed by atoms with Gasteiger partial charge in [-0.15, -0.1) is 0 Å². The van der Waals surface area contributed by atoms with Crippen LogP contribution in [0.15, 0.2) is 121 Å². The number of carbonyl (C=O) groups excluding carboxylic acids is 5. The Labute approximate surface area is 757 Å². The Bertz CT molecular complexity index is 3550. The van der Waals surface area contributed by atoms with E-state index in [0.717, 1.165) is 121 Å². The number of amides is 9. The minimum Gasteiger partial charge on any atom is -0.378 e. The minimum atomic E-state index is -0.179. The molecule has 5 atom stereocenters. The van der Waals surface area contributed by atoms with Crippen LogP contribution in [0.2, 0.25) is 0 Å². The molecule has 704 valence electrons. The van der Waals surface area contributed by atoms with Crippen molar-refractivity contribution in [3.63, 3.8) is 0 Å². The number of piperidine rings is 3. The lowest BCUT2D eigenvalue weighted by Crippen LogP contribution is -2.57. The van der Waals surface area contributed by atoms with Gasteiger partial charge in [-0.2, -0.15) is 0 Å². The normalized spacial score (nSPS) is 21.1. The third-order valence-electron chi connectivity index (χ3n) is 23.9. The number of morpholine rings is 1. The number of benzene rings is 4. The minimum absolute atomic E-state index is 0.0100. The summed E-state index contributed by atoms with van der Waals surface area (Å²) in [6.07, 6.45) is 14.8. The summed E-state index contributed by atoms with van der Waals surface area (Å²) in [5.74, 6) is 4.82. The van der Waals surface area contributed by atoms with Crippen LogP contribution in [0.3, 0.4) is 0 Å². The Kier molecular flexibility index (Phi) is 47.6. The van der Waals surface area contributed by atoms with E-state index in [9.17, 15) is 24.0 Å². The van der Waals surface area contributed by atoms with Crippen LogP contribution in [0.25, 0.3) is 0 Å². The molecule has 0 saturated carbocycles. The first-order valence-electron chi connectivity index (χ1n) is 47.9. The van der Waals surface area contributed by atoms with Crippen molar-refractivity contribution in [2.75, 3.05) is 138 Å². The van der Waals surface area contributed by atoms with E-state index in [4.69, 9.17) is 4.74 Å². The molecule has 0 aliphatic carbocycles. The molecule has 8 aliphatic rings. The lowest BCUT2D eigenvalue weighted by atomic mass is 9.86. The van der Waals surface area contributed by atoms with E-state index in [1.807, 2.05) is 115 Å². The number of piperazine rings is 2. The van der Waals surface area contributed by atoms with Crippen LogP contribution >= 0.6 is 0 Å². The predicted octanol–water partition coefficient (Wildman–Crippen LogP) is 19.5. The third-order valence-corrected chi connectivity index (χ3v) is 23.9. The standard InChI is InChI=1S/C17H27N3O.C16H24N2O.C16H25N.C12H17N.C11H23N.C10H21N3O.C10H19NO.C9H18N2O2.C3H8/c1-14-12-20(16(21)18-17(2,3)4)11-10-19(14)13-15-8-6-5-7-9-15;1-16(2,3)17-15(19)18-10-9-14(12-18)11-13-7-5-4-6-8-13;1-16(2,3)17-11-9-15(10-12-17)13-14-7-5-4-6-8-14;1-2-4-11(5-3-1)10-12-6-8-13-9-7-12;1-9-6-7-12(8-10(9)2)11(3,4)5;1-10(2,3)11-9(14)13-7-5-12(4)6-8-13;1-5-8-6-7-11(9(8)12)10(2,3)4;1-9(2,3)10-8(12)11-4-6-13-7-5-11;1-3-2/h5-9,14H,10-13H2,1-4H3,(H,18,21);4-8,14H,9-12H2,1-3H3,(H,17,19);4-8,15H,9-13H2,1-3H3;1-5,12-13H,6-10H2;9-10H,6-8H2,1-5H3;5-8H2,1-4H3,(H,11,14);8H,5-7H2,1-4H3;4-7H2,1-3H3,(H,10,12);3H2,1-2H3. The average molecular weight is 1720 g/mol. The second-order valence-corrected chi connectivity index (χ2v) is 43.4. The number of ether oxygens (including phenoxy) is 1. The molecule has 5 N–H and O–H groups in total. The first-order valence-corrected chi connectivity index (χ1v) is 47.9. The van der Waals surface area contributed by atoms with Gasteiger partial charge in [-0.3, -0.25) is 19.5 Å². The van der Waals surface area contributed by atoms with Crippen LogP contribution < -0.4 is 26.6 Å². The largest absolute Gasteiger partial charge is 0.378 e. The Hall–Kier alpha value is -6.81. The molecule has 20 heteroatoms. The van der Waals surface area contributed by atoms with Gasteiger partial charge in [0.25, 0.3) is 0 Å². The van der Waals surface area contributed by atoms with Gasteiger partial charge in [-0.1, -0.05) is 162 Å². The summed E-state index contributed by atoms with van der Waals surface area (Å²) in [5.41, 5.74) is 5.79. The van der Waals surface area contributed by atoms with Crippen LogP contribution in [0.5, 0.6) is 0 Å². The van der Waals surface area contributed by atoms with Gasteiger partial charge in [0.1, 0.15) is 0 Å². The van der Waals surface area contributed by atoms with Crippen molar-refractivity contribution in [1.82, 2.24) is 70.7 Å². The highest BCUT2D eigenvalue weighted by Crippen LogP contribution is 2.31. The lowest BCUT2D eigenvalue weighted by Gasteiger charge is -2.43. The van der Waals surface area contributed by atoms with Gasteiger partial charge in [-0.05, 0) is 315 Å². The van der Waals surface area contributed by atoms with E-state index in [0.29, 0.717) is 61.2 Å². The molecular formula is C104H182N14O6. The number of rotatable bonds is 9. The molecule has 8 saturated heterocycles. The number of urea groups is 4. The van der Waals surface area contributed by atoms with Crippen molar-refractivity contribution in [1.29, 1.82) is 0 Å². The van der Waals surface area contributed by atoms with E-state index in [2.05, 4.69) is 266 Å². The number of hydrogen-bond donors (Lipinski definition) is 5. The first-order chi connectivity index (χ1) is 58.0. The summed E-state index contributed by atoms with van der Waals surface area (Å²) in [7, 11) is 2.08. The summed E-state index contributed by atoms with van der Waals surface area (Å²) in [5, 5.41) is 15.4. The van der Waals surface area contributed by atoms with E-state index >= 15 is 0 Å². The SMILES string of the molecule is CC(C)(C)N1CCC(Cc2ccccc2)CC1.CC(C)(C)NC(=O)N1CCC(Cc2ccccc2)C1.CC(C)(C)NC(=O)N1CCOCC1.CC1CCN(C(C)(C)C)CC1C.CC1CN(C(=O)NC(C)(C)C)CCN1Cc1ccccc1.CCC.CCC1CCN(C(C)(C)C)C1=O.CN1CCN(C(=O)NC(C)(C)C)CC1.c1ccc(CC2CCNCC2)cc1. The second kappa shape index (κ2) is 53.9. The zero-order valence-electron chi connectivity index (χ0n) is 83.9. The molecule has 0 spiro atoms. The zero-order valence-corrected chi connectivity index (χ0v) is 83.9. The Balaban J connectivity index is 0.000000298. The Morgan fingerprint density at radius 2 is 0.742 bits per heavy atom. The molecule has 20 nitrogen and oxygen atoms in total. The lowest BCUT2D eigenvalue weighted by molar-refractivity contribution is -0.134. The summed E-state index contributed by atoms with van der Waals surface area (Å²) < 4.78 is 5.16. The van der Waals surface area contributed by atoms with Crippen LogP contribution in [-0.4, -0.2) is 257 Å². The molecule has 4 aromatic carbocycles. The third kappa shape index (κ3) is 45.8. The van der Waals surface area contributed by atoms with Crippen molar-refractivity contribution >= 4 is 30.0 Å². The number of carbonyl (C=O) groups is 5. The van der Waals surface area contributed by atoms with Crippen LogP contribution in [0.1, 0.15) is 267 Å². The molecule has 12 rings (SSSR count). The van der Waals surface area contributed by atoms with Crippen LogP contribution in [-0.2, 0) is 35.3 Å². The van der Waals surface area contributed by atoms with Crippen LogP contribution in [0.4, 0.5) is 19.2 Å². The smallest absolute Gasteiger partial charge is 0.317 e. The summed E-state index contributed by atoms with van der Waals surface area (Å²) in [4.78, 5) is 78.7. The first kappa shape index (κ1) is 110. The fraction of sp³-hybridized carbons (Fsp3) is 0.721. The van der Waals surface area contributed by atoms with Gasteiger partial charge in [0.15, 0.2) is 0 Å². The highest BCUT2D eigenvalue weighted by molar-refractivity contribution is 5.81. The quantitative estimate of drug-likeness (QED) is 0.107. The summed E-state index contributed by atoms with van der Waals surface area (Å²) in [6, 6.07) is 43.4. The van der Waals surface area contributed by atoms with Gasteiger partial charge >= 0.3 is 24.1 Å². The van der Waals surface area contributed by atoms with Gasteiger partial charge in [0.05, 0.1) is 13.2 Å². The number of nitrogens with one attached hydrogen (secondary N) is 5. The maximum absolute atomic E-state index is 12.2. The number of likely N-dealkylation sites (tertiary alicyclic amines) is 4. The van der Waals surface area contributed by atoms with Gasteiger partial charge < -0.3 is 60.7 Å². The average Bonchev–Trinajstić information content (AvgIpc) is 1.73. The van der Waals surface area contributed by atoms with E-state index in [-0.39, 0.29) is 51.8 Å². The summed E-state index contributed by atoms with van der Waals surface area (Å²) in [6.45, 7) is 77.5. The number of likely N-dealkylation sites (N-methyl/N-ethyl adjacent to an activating group) is 1. The topological polar surface area (TPSA) is 184 Å². The maximum Gasteiger partial charge on any atom is 0.317 e. The molecule has 124 heavy (non-hydrogen) atoms. The molecule has 0 radical (unpaired) electrons. The van der Waals surface area contributed by atoms with Gasteiger partial charge in [0, 0.05) is 142 Å². The van der Waals surface area contributed by atoms with Gasteiger partial charge in [0.2, 0.25) is 5.91 Å². The van der Waals surface area contributed by atoms with Crippen molar-refractivity contribution in [3.05, 3.63) is 144 Å². The van der Waals surface area contributed by atoms with E-state index < -0.39 is 0 Å². The van der Waals surface area contributed by atoms with E-state index in [1.165, 1.54) is 113 Å². The fourth-order valence-electron chi connectivity index (χ4n) is 16.2. The highest BCUT2D eigenvalue weighted by Gasteiger charge is 2.37. The molecule has 8 fully saturated rings. The molecule has 8 heterocycles. The van der Waals surface area contributed by atoms with Crippen LogP contribution in [0, 0.1) is 35.5 Å². The summed E-state index contributed by atoms with van der Waals surface area (Å²) >= 11 is 0. The molecule has 9 amide bonds. The van der Waals surface area contributed by atoms with Crippen molar-refractivity contribution in [3.8, 4) is 0 Å². The fourth-order valence-corrected chi connectivity index (χ4v) is 16.2. The molecule has 8 aliphatic heterocycles. The molecular weight excluding hydrogens is 1540 g/mol. The predicted molar refractivity (Wildman–Crippen MR) is 522 cm³/mol. The van der Waals surface area contributed by atoms with Crippen molar-refractivity contribution < 1.29 is 28.7 Å². The zero-order chi connectivity index (χ0) is 92.7. The second-order valence-electron chi connectivity index (χ2n) is 43.4. The highest BCUT2D eigenvalue weighted by atomic mass is 16.5. The van der Waals surface area contributed by atoms with Gasteiger partial charge in [-0.25, -0.2) is 19.2 Å². The molecule has 4 aromatic rings. The number of nitrogens with zero attached hydrogens (tertiary/aromatic N) is 9. The maximum atomic E-state index is 12.2. The Morgan fingerprint density at radius 1 is 0.379 bits per heavy atom. The van der Waals surface area contributed by atoms with Crippen molar-refractivity contribution in [2.45, 2.75) is 315 Å². The van der Waals surface area contributed by atoms with Crippen molar-refractivity contribution in [2.24, 2.45) is 35.5 Å². The number of hydrogen-bond acceptors (Lipinski definition) is 11.